The van der Waals surface area contributed by atoms with Crippen LogP contribution in [0.2, 0.25) is 0 Å². The highest BCUT2D eigenvalue weighted by atomic mass is 32.1. The lowest BCUT2D eigenvalue weighted by molar-refractivity contribution is -0.137. The van der Waals surface area contributed by atoms with Gasteiger partial charge in [-0.2, -0.15) is 4.99 Å². The van der Waals surface area contributed by atoms with E-state index in [1.165, 1.54) is 0 Å². The van der Waals surface area contributed by atoms with Gasteiger partial charge in [0.15, 0.2) is 4.80 Å². The summed E-state index contributed by atoms with van der Waals surface area (Å²) in [5.41, 5.74) is 2.77. The maximum absolute atomic E-state index is 12.8. The van der Waals surface area contributed by atoms with Gasteiger partial charge in [0.1, 0.15) is 4.88 Å². The van der Waals surface area contributed by atoms with E-state index in [1.54, 1.807) is 29.5 Å². The lowest BCUT2D eigenvalue weighted by atomic mass is 10.1. The first kappa shape index (κ1) is 19.7. The molecule has 0 atom stereocenters. The fourth-order valence-electron chi connectivity index (χ4n) is 3.15. The molecule has 150 valence electrons. The quantitative estimate of drug-likeness (QED) is 0.286. The van der Waals surface area contributed by atoms with Crippen molar-refractivity contribution in [3.63, 3.8) is 0 Å². The molecule has 4 rings (SSSR count). The number of hydrogen-bond donors (Lipinski definition) is 0. The maximum atomic E-state index is 12.8. The van der Waals surface area contributed by atoms with Crippen LogP contribution in [0.4, 0.5) is 0 Å². The first-order chi connectivity index (χ1) is 14.5. The molecule has 6 nitrogen and oxygen atoms in total. The van der Waals surface area contributed by atoms with Crippen molar-refractivity contribution in [2.24, 2.45) is 4.99 Å². The molecule has 2 heterocycles. The van der Waals surface area contributed by atoms with Crippen LogP contribution >= 0.6 is 11.3 Å². The number of ketones is 1. The van der Waals surface area contributed by atoms with Crippen LogP contribution in [-0.2, 0) is 9.53 Å². The van der Waals surface area contributed by atoms with Crippen LogP contribution in [0.3, 0.4) is 0 Å². The highest BCUT2D eigenvalue weighted by Gasteiger charge is 2.24. The van der Waals surface area contributed by atoms with Crippen LogP contribution in [0.25, 0.3) is 16.4 Å². The minimum atomic E-state index is -0.925. The lowest BCUT2D eigenvalue weighted by Crippen LogP contribution is -2.16. The Hall–Kier alpha value is -3.58. The van der Waals surface area contributed by atoms with Crippen molar-refractivity contribution in [2.75, 3.05) is 6.61 Å². The zero-order chi connectivity index (χ0) is 21.3. The van der Waals surface area contributed by atoms with Crippen molar-refractivity contribution in [3.8, 4) is 0 Å². The normalized spacial score (nSPS) is 11.7. The number of pyridine rings is 1. The number of aryl methyl sites for hydroxylation is 1. The van der Waals surface area contributed by atoms with E-state index in [4.69, 9.17) is 4.74 Å². The molecule has 0 spiro atoms. The molecule has 7 heteroatoms. The van der Waals surface area contributed by atoms with E-state index >= 15 is 0 Å². The monoisotopic (exact) mass is 418 g/mol. The molecule has 0 saturated carbocycles. The predicted octanol–water partition coefficient (Wildman–Crippen LogP) is 3.95. The Morgan fingerprint density at radius 2 is 1.70 bits per heavy atom. The predicted molar refractivity (Wildman–Crippen MR) is 115 cm³/mol. The van der Waals surface area contributed by atoms with Crippen LogP contribution in [0.5, 0.6) is 0 Å². The summed E-state index contributed by atoms with van der Waals surface area (Å²) < 4.78 is 6.61. The molecular formula is C23H18N2O4S. The van der Waals surface area contributed by atoms with E-state index in [2.05, 4.69) is 4.99 Å². The second-order valence-corrected chi connectivity index (χ2v) is 7.64. The number of thiazole rings is 1. The fraction of sp³-hybridized carbons (Fsp3) is 0.130. The van der Waals surface area contributed by atoms with Gasteiger partial charge in [-0.1, -0.05) is 53.3 Å². The van der Waals surface area contributed by atoms with Crippen molar-refractivity contribution in [1.82, 2.24) is 4.40 Å². The first-order valence-electron chi connectivity index (χ1n) is 9.40. The number of hydrogen-bond acceptors (Lipinski definition) is 5. The van der Waals surface area contributed by atoms with Crippen LogP contribution < -0.4 is 4.80 Å². The van der Waals surface area contributed by atoms with Crippen molar-refractivity contribution in [3.05, 3.63) is 81.5 Å². The van der Waals surface area contributed by atoms with E-state index in [9.17, 15) is 14.4 Å². The average Bonchev–Trinajstić information content (AvgIpc) is 3.12. The molecule has 30 heavy (non-hydrogen) atoms. The van der Waals surface area contributed by atoms with Crippen LogP contribution in [0.1, 0.15) is 32.5 Å². The minimum absolute atomic E-state index is 0.104. The summed E-state index contributed by atoms with van der Waals surface area (Å²) in [6.45, 7) is 3.68. The van der Waals surface area contributed by atoms with Crippen molar-refractivity contribution < 1.29 is 19.1 Å². The van der Waals surface area contributed by atoms with Crippen molar-refractivity contribution in [1.29, 1.82) is 0 Å². The third-order valence-corrected chi connectivity index (χ3v) is 5.67. The van der Waals surface area contributed by atoms with Gasteiger partial charge in [0.05, 0.1) is 17.6 Å². The molecule has 0 aliphatic heterocycles. The van der Waals surface area contributed by atoms with E-state index in [1.807, 2.05) is 49.4 Å². The summed E-state index contributed by atoms with van der Waals surface area (Å²) in [6.07, 6.45) is 0. The summed E-state index contributed by atoms with van der Waals surface area (Å²) in [7, 11) is 0. The highest BCUT2D eigenvalue weighted by Crippen LogP contribution is 2.22. The molecular weight excluding hydrogens is 400 g/mol. The van der Waals surface area contributed by atoms with Gasteiger partial charge >= 0.3 is 5.97 Å². The zero-order valence-electron chi connectivity index (χ0n) is 16.4. The third kappa shape index (κ3) is 3.55. The molecule has 0 N–H and O–H groups in total. The second-order valence-electron chi connectivity index (χ2n) is 6.66. The SMILES string of the molecule is CCOC(=O)C(=O)c1sc(=NC(=O)c2ccc(C)cc2)n2c1ccc1ccccc12. The van der Waals surface area contributed by atoms with E-state index < -0.39 is 17.7 Å². The fourth-order valence-corrected chi connectivity index (χ4v) is 4.19. The Morgan fingerprint density at radius 3 is 2.43 bits per heavy atom. The summed E-state index contributed by atoms with van der Waals surface area (Å²) in [6, 6.07) is 18.3. The van der Waals surface area contributed by atoms with Gasteiger partial charge in [0.2, 0.25) is 0 Å². The summed E-state index contributed by atoms with van der Waals surface area (Å²) in [4.78, 5) is 42.3. The Morgan fingerprint density at radius 1 is 0.967 bits per heavy atom. The molecule has 0 saturated heterocycles. The topological polar surface area (TPSA) is 77.2 Å². The smallest absolute Gasteiger partial charge is 0.380 e. The Balaban J connectivity index is 1.97. The van der Waals surface area contributed by atoms with Crippen LogP contribution in [-0.4, -0.2) is 28.7 Å². The number of carbonyl (C=O) groups excluding carboxylic acids is 3. The van der Waals surface area contributed by atoms with E-state index in [-0.39, 0.29) is 11.5 Å². The molecule has 4 aromatic rings. The Kier molecular flexibility index (Phi) is 5.29. The number of esters is 1. The number of fused-ring (bicyclic) bond motifs is 3. The standard InChI is InChI=1S/C23H18N2O4S/c1-3-29-22(28)19(26)20-18-13-12-15-6-4-5-7-17(15)25(18)23(30-20)24-21(27)16-10-8-14(2)9-11-16/h4-13H,3H2,1-2H3. The Labute approximate surface area is 176 Å². The second kappa shape index (κ2) is 8.04. The number of amides is 1. The summed E-state index contributed by atoms with van der Waals surface area (Å²) in [5, 5.41) is 0.919. The van der Waals surface area contributed by atoms with E-state index in [0.29, 0.717) is 15.9 Å². The van der Waals surface area contributed by atoms with Crippen molar-refractivity contribution >= 4 is 45.4 Å². The molecule has 0 aliphatic rings. The highest BCUT2D eigenvalue weighted by molar-refractivity contribution is 7.13. The number of benzene rings is 2. The van der Waals surface area contributed by atoms with Gasteiger partial charge in [0, 0.05) is 5.56 Å². The zero-order valence-corrected chi connectivity index (χ0v) is 17.2. The number of rotatable bonds is 4. The average molecular weight is 418 g/mol. The van der Waals surface area contributed by atoms with Crippen LogP contribution in [0.15, 0.2) is 65.7 Å². The molecule has 0 bridgehead atoms. The summed E-state index contributed by atoms with van der Waals surface area (Å²) in [5.74, 6) is -2.10. The number of Topliss-reactive ketones (excluding diaryl/α,β-unsaturated/α-hetero) is 1. The molecule has 0 fully saturated rings. The van der Waals surface area contributed by atoms with Crippen molar-refractivity contribution in [2.45, 2.75) is 13.8 Å². The van der Waals surface area contributed by atoms with Gasteiger partial charge in [0.25, 0.3) is 11.7 Å². The van der Waals surface area contributed by atoms with E-state index in [0.717, 1.165) is 27.8 Å². The van der Waals surface area contributed by atoms with Gasteiger partial charge in [-0.05, 0) is 43.5 Å². The number of aromatic nitrogens is 1. The molecule has 1 amide bonds. The Bertz CT molecular complexity index is 1360. The van der Waals surface area contributed by atoms with Gasteiger partial charge < -0.3 is 4.74 Å². The van der Waals surface area contributed by atoms with Gasteiger partial charge in [-0.3, -0.25) is 14.0 Å². The summed E-state index contributed by atoms with van der Waals surface area (Å²) >= 11 is 1.00. The molecule has 0 radical (unpaired) electrons. The molecule has 0 aliphatic carbocycles. The molecule has 0 unspecified atom stereocenters. The number of carbonyl (C=O) groups is 3. The van der Waals surface area contributed by atoms with Crippen LogP contribution in [0, 0.1) is 6.92 Å². The maximum Gasteiger partial charge on any atom is 0.380 e. The molecule has 2 aromatic heterocycles. The largest absolute Gasteiger partial charge is 0.460 e. The first-order valence-corrected chi connectivity index (χ1v) is 10.2. The number of ether oxygens (including phenoxy) is 1. The number of nitrogens with zero attached hydrogens (tertiary/aromatic N) is 2. The number of para-hydroxylation sites is 1. The third-order valence-electron chi connectivity index (χ3n) is 4.62. The lowest BCUT2D eigenvalue weighted by Gasteiger charge is -2.03. The molecule has 2 aromatic carbocycles. The van der Waals surface area contributed by atoms with Gasteiger partial charge in [-0.15, -0.1) is 0 Å². The minimum Gasteiger partial charge on any atom is -0.460 e. The van der Waals surface area contributed by atoms with Gasteiger partial charge in [-0.25, -0.2) is 4.79 Å².